The van der Waals surface area contributed by atoms with Crippen molar-refractivity contribution in [3.05, 3.63) is 29.8 Å². The SMILES string of the molecule is CCCCCCCCCc1ccc(OCCOCCOCCOCCOCCCCCCCC)cc1. The van der Waals surface area contributed by atoms with E-state index in [2.05, 4.69) is 38.1 Å². The first-order chi connectivity index (χ1) is 17.9. The van der Waals surface area contributed by atoms with Gasteiger partial charge in [0.05, 0.1) is 46.2 Å². The van der Waals surface area contributed by atoms with E-state index < -0.39 is 0 Å². The molecular formula is C31H56O5. The Morgan fingerprint density at radius 3 is 1.36 bits per heavy atom. The molecule has 0 heterocycles. The van der Waals surface area contributed by atoms with E-state index in [0.29, 0.717) is 52.9 Å². The topological polar surface area (TPSA) is 46.2 Å². The predicted molar refractivity (Wildman–Crippen MR) is 150 cm³/mol. The molecule has 0 N–H and O–H groups in total. The van der Waals surface area contributed by atoms with Crippen LogP contribution in [0.25, 0.3) is 0 Å². The Morgan fingerprint density at radius 1 is 0.417 bits per heavy atom. The molecule has 1 aromatic carbocycles. The number of rotatable bonds is 28. The van der Waals surface area contributed by atoms with E-state index in [0.717, 1.165) is 25.2 Å². The van der Waals surface area contributed by atoms with E-state index in [1.54, 1.807) is 0 Å². The fraction of sp³-hybridized carbons (Fsp3) is 0.806. The zero-order valence-electron chi connectivity index (χ0n) is 23.6. The van der Waals surface area contributed by atoms with E-state index in [-0.39, 0.29) is 0 Å². The van der Waals surface area contributed by atoms with Crippen LogP contribution in [0.4, 0.5) is 0 Å². The van der Waals surface area contributed by atoms with Crippen LogP contribution in [-0.4, -0.2) is 59.5 Å². The van der Waals surface area contributed by atoms with Gasteiger partial charge in [-0.25, -0.2) is 0 Å². The summed E-state index contributed by atoms with van der Waals surface area (Å²) in [6, 6.07) is 8.51. The Balaban J connectivity index is 1.80. The van der Waals surface area contributed by atoms with Crippen LogP contribution in [0.15, 0.2) is 24.3 Å². The molecule has 5 nitrogen and oxygen atoms in total. The monoisotopic (exact) mass is 508 g/mol. The molecule has 0 aromatic heterocycles. The Morgan fingerprint density at radius 2 is 0.833 bits per heavy atom. The highest BCUT2D eigenvalue weighted by atomic mass is 16.6. The van der Waals surface area contributed by atoms with Crippen molar-refractivity contribution in [3.63, 3.8) is 0 Å². The summed E-state index contributed by atoms with van der Waals surface area (Å²) < 4.78 is 28.0. The van der Waals surface area contributed by atoms with Crippen molar-refractivity contribution in [3.8, 4) is 5.75 Å². The lowest BCUT2D eigenvalue weighted by Gasteiger charge is -2.09. The number of benzene rings is 1. The van der Waals surface area contributed by atoms with Gasteiger partial charge in [0.1, 0.15) is 12.4 Å². The van der Waals surface area contributed by atoms with Gasteiger partial charge in [-0.05, 0) is 37.0 Å². The van der Waals surface area contributed by atoms with Gasteiger partial charge in [0.15, 0.2) is 0 Å². The molecule has 0 unspecified atom stereocenters. The molecule has 0 aliphatic carbocycles. The first-order valence-electron chi connectivity index (χ1n) is 14.9. The van der Waals surface area contributed by atoms with E-state index in [1.807, 2.05) is 0 Å². The molecule has 210 valence electrons. The van der Waals surface area contributed by atoms with Gasteiger partial charge in [-0.15, -0.1) is 0 Å². The van der Waals surface area contributed by atoms with Gasteiger partial charge < -0.3 is 23.7 Å². The lowest BCUT2D eigenvalue weighted by Crippen LogP contribution is -2.13. The number of hydrogen-bond acceptors (Lipinski definition) is 5. The summed E-state index contributed by atoms with van der Waals surface area (Å²) in [6.07, 6.45) is 18.4. The van der Waals surface area contributed by atoms with Crippen molar-refractivity contribution < 1.29 is 23.7 Å². The molecule has 1 rings (SSSR count). The first kappa shape index (κ1) is 32.9. The van der Waals surface area contributed by atoms with Crippen molar-refractivity contribution >= 4 is 0 Å². The Kier molecular flexibility index (Phi) is 24.6. The molecule has 0 bridgehead atoms. The third kappa shape index (κ3) is 22.1. The second kappa shape index (κ2) is 26.9. The molecule has 0 saturated heterocycles. The van der Waals surface area contributed by atoms with Gasteiger partial charge in [0.2, 0.25) is 0 Å². The van der Waals surface area contributed by atoms with Crippen LogP contribution in [0, 0.1) is 0 Å². The van der Waals surface area contributed by atoms with Gasteiger partial charge in [0, 0.05) is 6.61 Å². The standard InChI is InChI=1S/C31H56O5/c1-3-5-7-9-11-12-14-16-30-17-19-31(20-18-30)36-29-28-35-27-26-34-25-24-33-23-22-32-21-15-13-10-8-6-4-2/h17-20H,3-16,21-29H2,1-2H3. The van der Waals surface area contributed by atoms with Gasteiger partial charge in [-0.3, -0.25) is 0 Å². The number of unbranched alkanes of at least 4 members (excludes halogenated alkanes) is 11. The van der Waals surface area contributed by atoms with Gasteiger partial charge >= 0.3 is 0 Å². The summed E-state index contributed by atoms with van der Waals surface area (Å²) in [6.45, 7) is 10.1. The maximum Gasteiger partial charge on any atom is 0.119 e. The maximum absolute atomic E-state index is 5.77. The zero-order chi connectivity index (χ0) is 25.8. The third-order valence-corrected chi connectivity index (χ3v) is 6.25. The van der Waals surface area contributed by atoms with Gasteiger partial charge in [0.25, 0.3) is 0 Å². The van der Waals surface area contributed by atoms with Crippen LogP contribution in [-0.2, 0) is 25.4 Å². The van der Waals surface area contributed by atoms with E-state index in [9.17, 15) is 0 Å². The van der Waals surface area contributed by atoms with E-state index in [1.165, 1.54) is 82.6 Å². The maximum atomic E-state index is 5.77. The van der Waals surface area contributed by atoms with Crippen molar-refractivity contribution in [1.29, 1.82) is 0 Å². The van der Waals surface area contributed by atoms with Gasteiger partial charge in [-0.2, -0.15) is 0 Å². The molecule has 0 fully saturated rings. The molecule has 0 radical (unpaired) electrons. The second-order valence-electron chi connectivity index (χ2n) is 9.58. The van der Waals surface area contributed by atoms with Crippen LogP contribution in [0.5, 0.6) is 5.75 Å². The Labute approximate surface area is 222 Å². The molecule has 0 amide bonds. The minimum atomic E-state index is 0.555. The summed E-state index contributed by atoms with van der Waals surface area (Å²) in [7, 11) is 0. The lowest BCUT2D eigenvalue weighted by atomic mass is 10.0. The lowest BCUT2D eigenvalue weighted by molar-refractivity contribution is -0.00487. The molecule has 1 aromatic rings. The average Bonchev–Trinajstić information content (AvgIpc) is 2.90. The molecule has 0 aliphatic heterocycles. The third-order valence-electron chi connectivity index (χ3n) is 6.25. The summed E-state index contributed by atoms with van der Waals surface area (Å²) in [4.78, 5) is 0. The second-order valence-corrected chi connectivity index (χ2v) is 9.58. The Bertz CT molecular complexity index is 548. The van der Waals surface area contributed by atoms with E-state index >= 15 is 0 Å². The highest BCUT2D eigenvalue weighted by Gasteiger charge is 1.98. The zero-order valence-corrected chi connectivity index (χ0v) is 23.6. The molecule has 36 heavy (non-hydrogen) atoms. The van der Waals surface area contributed by atoms with Crippen LogP contribution in [0.1, 0.15) is 103 Å². The fourth-order valence-electron chi connectivity index (χ4n) is 4.00. The van der Waals surface area contributed by atoms with Crippen LogP contribution >= 0.6 is 0 Å². The average molecular weight is 509 g/mol. The summed E-state index contributed by atoms with van der Waals surface area (Å²) in [5.74, 6) is 0.909. The normalized spacial score (nSPS) is 11.3. The molecular weight excluding hydrogens is 452 g/mol. The quantitative estimate of drug-likeness (QED) is 0.108. The van der Waals surface area contributed by atoms with Crippen molar-refractivity contribution in [2.75, 3.05) is 59.5 Å². The number of aryl methyl sites for hydroxylation is 1. The number of hydrogen-bond donors (Lipinski definition) is 0. The number of ether oxygens (including phenoxy) is 5. The largest absolute Gasteiger partial charge is 0.491 e. The smallest absolute Gasteiger partial charge is 0.119 e. The highest BCUT2D eigenvalue weighted by molar-refractivity contribution is 5.27. The van der Waals surface area contributed by atoms with Crippen LogP contribution in [0.2, 0.25) is 0 Å². The minimum Gasteiger partial charge on any atom is -0.491 e. The van der Waals surface area contributed by atoms with Crippen LogP contribution in [0.3, 0.4) is 0 Å². The van der Waals surface area contributed by atoms with Crippen molar-refractivity contribution in [2.24, 2.45) is 0 Å². The minimum absolute atomic E-state index is 0.555. The van der Waals surface area contributed by atoms with Crippen molar-refractivity contribution in [1.82, 2.24) is 0 Å². The molecule has 0 aliphatic rings. The fourth-order valence-corrected chi connectivity index (χ4v) is 4.00. The molecule has 0 atom stereocenters. The first-order valence-corrected chi connectivity index (χ1v) is 14.9. The Hall–Kier alpha value is -1.14. The summed E-state index contributed by atoms with van der Waals surface area (Å²) >= 11 is 0. The predicted octanol–water partition coefficient (Wildman–Crippen LogP) is 7.79. The van der Waals surface area contributed by atoms with Gasteiger partial charge in [-0.1, -0.05) is 96.6 Å². The molecule has 0 spiro atoms. The summed E-state index contributed by atoms with van der Waals surface area (Å²) in [5.41, 5.74) is 1.40. The van der Waals surface area contributed by atoms with E-state index in [4.69, 9.17) is 23.7 Å². The summed E-state index contributed by atoms with van der Waals surface area (Å²) in [5, 5.41) is 0. The molecule has 0 saturated carbocycles. The molecule has 5 heteroatoms. The van der Waals surface area contributed by atoms with Crippen molar-refractivity contribution in [2.45, 2.75) is 104 Å². The highest BCUT2D eigenvalue weighted by Crippen LogP contribution is 2.15. The van der Waals surface area contributed by atoms with Crippen LogP contribution < -0.4 is 4.74 Å².